The second-order valence-electron chi connectivity index (χ2n) is 5.76. The Balaban J connectivity index is 1.62. The number of anilines is 1. The summed E-state index contributed by atoms with van der Waals surface area (Å²) in [6, 6.07) is 0.805. The normalized spacial score (nSPS) is 18.9. The molecule has 0 atom stereocenters. The number of aromatic nitrogens is 2. The van der Waals surface area contributed by atoms with Crippen molar-refractivity contribution in [3.05, 3.63) is 16.5 Å². The minimum atomic E-state index is 0.535. The molecular weight excluding hydrogens is 260 g/mol. The van der Waals surface area contributed by atoms with E-state index in [1.165, 1.54) is 25.7 Å². The number of hydrogen-bond donors (Lipinski definition) is 1. The van der Waals surface area contributed by atoms with Crippen LogP contribution in [0.4, 0.5) is 5.82 Å². The van der Waals surface area contributed by atoms with Crippen LogP contribution in [0, 0.1) is 6.92 Å². The first-order valence-corrected chi connectivity index (χ1v) is 7.51. The first kappa shape index (κ1) is 13.1. The molecule has 4 nitrogen and oxygen atoms in total. The standard InChI is InChI=1S/C14H21ClN4/c1-9-12(15)17-14(10-3-4-10)18-13(9)16-7-8-19(2)11-5-6-11/h10-11H,3-8H2,1-2H3,(H,16,17,18). The molecule has 0 unspecified atom stereocenters. The van der Waals surface area contributed by atoms with Gasteiger partial charge in [0.05, 0.1) is 0 Å². The molecule has 1 aromatic heterocycles. The molecule has 0 radical (unpaired) electrons. The summed E-state index contributed by atoms with van der Waals surface area (Å²) in [6.07, 6.45) is 5.09. The van der Waals surface area contributed by atoms with E-state index in [9.17, 15) is 0 Å². The lowest BCUT2D eigenvalue weighted by atomic mass is 10.3. The van der Waals surface area contributed by atoms with Crippen LogP contribution in [0.3, 0.4) is 0 Å². The SMILES string of the molecule is Cc1c(Cl)nc(C2CC2)nc1NCCN(C)C1CC1. The Hall–Kier alpha value is -0.870. The first-order chi connectivity index (χ1) is 9.15. The first-order valence-electron chi connectivity index (χ1n) is 7.13. The van der Waals surface area contributed by atoms with E-state index < -0.39 is 0 Å². The van der Waals surface area contributed by atoms with Crippen molar-refractivity contribution in [2.24, 2.45) is 0 Å². The number of nitrogens with zero attached hydrogens (tertiary/aromatic N) is 3. The Bertz CT molecular complexity index is 469. The third kappa shape index (κ3) is 3.18. The molecule has 5 heteroatoms. The predicted octanol–water partition coefficient (Wildman–Crippen LogP) is 2.82. The minimum absolute atomic E-state index is 0.535. The molecule has 0 saturated heterocycles. The summed E-state index contributed by atoms with van der Waals surface area (Å²) in [4.78, 5) is 11.4. The van der Waals surface area contributed by atoms with Crippen LogP contribution in [0.25, 0.3) is 0 Å². The van der Waals surface area contributed by atoms with Gasteiger partial charge in [-0.1, -0.05) is 11.6 Å². The number of nitrogens with one attached hydrogen (secondary N) is 1. The van der Waals surface area contributed by atoms with Crippen molar-refractivity contribution >= 4 is 17.4 Å². The zero-order valence-corrected chi connectivity index (χ0v) is 12.4. The van der Waals surface area contributed by atoms with Gasteiger partial charge in [0.25, 0.3) is 0 Å². The topological polar surface area (TPSA) is 41.1 Å². The number of halogens is 1. The third-order valence-corrected chi connectivity index (χ3v) is 4.34. The van der Waals surface area contributed by atoms with Gasteiger partial charge in [0, 0.05) is 30.6 Å². The lowest BCUT2D eigenvalue weighted by Gasteiger charge is -2.17. The van der Waals surface area contributed by atoms with Gasteiger partial charge >= 0.3 is 0 Å². The number of hydrogen-bond acceptors (Lipinski definition) is 4. The van der Waals surface area contributed by atoms with Gasteiger partial charge in [0.2, 0.25) is 0 Å². The zero-order chi connectivity index (χ0) is 13.4. The van der Waals surface area contributed by atoms with Crippen molar-refractivity contribution < 1.29 is 0 Å². The third-order valence-electron chi connectivity index (χ3n) is 3.97. The Labute approximate surface area is 119 Å². The van der Waals surface area contributed by atoms with Crippen LogP contribution in [0.5, 0.6) is 0 Å². The smallest absolute Gasteiger partial charge is 0.137 e. The maximum atomic E-state index is 6.19. The Morgan fingerprint density at radius 3 is 2.63 bits per heavy atom. The van der Waals surface area contributed by atoms with E-state index in [1.807, 2.05) is 6.92 Å². The van der Waals surface area contributed by atoms with Gasteiger partial charge in [0.1, 0.15) is 16.8 Å². The van der Waals surface area contributed by atoms with E-state index in [4.69, 9.17) is 11.6 Å². The fourth-order valence-corrected chi connectivity index (χ4v) is 2.43. The monoisotopic (exact) mass is 280 g/mol. The summed E-state index contributed by atoms with van der Waals surface area (Å²) < 4.78 is 0. The largest absolute Gasteiger partial charge is 0.368 e. The summed E-state index contributed by atoms with van der Waals surface area (Å²) in [5.74, 6) is 2.35. The van der Waals surface area contributed by atoms with Gasteiger partial charge in [-0.2, -0.15) is 0 Å². The van der Waals surface area contributed by atoms with E-state index in [0.717, 1.165) is 36.3 Å². The number of rotatable bonds is 6. The van der Waals surface area contributed by atoms with Crippen LogP contribution in [-0.4, -0.2) is 41.0 Å². The second kappa shape index (κ2) is 5.25. The highest BCUT2D eigenvalue weighted by molar-refractivity contribution is 6.30. The molecule has 0 amide bonds. The van der Waals surface area contributed by atoms with Gasteiger partial charge in [-0.05, 0) is 39.7 Å². The highest BCUT2D eigenvalue weighted by Gasteiger charge is 2.28. The van der Waals surface area contributed by atoms with Crippen LogP contribution in [0.15, 0.2) is 0 Å². The highest BCUT2D eigenvalue weighted by atomic mass is 35.5. The molecule has 1 aromatic rings. The summed E-state index contributed by atoms with van der Waals surface area (Å²) in [5.41, 5.74) is 0.958. The van der Waals surface area contributed by atoms with Gasteiger partial charge in [-0.15, -0.1) is 0 Å². The Morgan fingerprint density at radius 2 is 2.00 bits per heavy atom. The van der Waals surface area contributed by atoms with Crippen LogP contribution in [0.2, 0.25) is 5.15 Å². The average molecular weight is 281 g/mol. The lowest BCUT2D eigenvalue weighted by Crippen LogP contribution is -2.27. The maximum Gasteiger partial charge on any atom is 0.137 e. The average Bonchev–Trinajstić information content (AvgIpc) is 3.27. The molecule has 0 bridgehead atoms. The second-order valence-corrected chi connectivity index (χ2v) is 6.12. The van der Waals surface area contributed by atoms with E-state index in [1.54, 1.807) is 0 Å². The summed E-state index contributed by atoms with van der Waals surface area (Å²) in [7, 11) is 2.19. The van der Waals surface area contributed by atoms with Crippen LogP contribution in [0.1, 0.15) is 43.0 Å². The van der Waals surface area contributed by atoms with Gasteiger partial charge < -0.3 is 10.2 Å². The molecule has 2 aliphatic rings. The van der Waals surface area contributed by atoms with Gasteiger partial charge in [0.15, 0.2) is 0 Å². The lowest BCUT2D eigenvalue weighted by molar-refractivity contribution is 0.337. The van der Waals surface area contributed by atoms with Gasteiger partial charge in [-0.3, -0.25) is 0 Å². The zero-order valence-electron chi connectivity index (χ0n) is 11.6. The summed E-state index contributed by atoms with van der Waals surface area (Å²) >= 11 is 6.19. The van der Waals surface area contributed by atoms with E-state index in [2.05, 4.69) is 27.2 Å². The van der Waals surface area contributed by atoms with Crippen molar-refractivity contribution in [2.45, 2.75) is 44.6 Å². The minimum Gasteiger partial charge on any atom is -0.368 e. The maximum absolute atomic E-state index is 6.19. The molecule has 1 N–H and O–H groups in total. The molecular formula is C14H21ClN4. The van der Waals surface area contributed by atoms with Crippen molar-refractivity contribution in [3.8, 4) is 0 Å². The molecule has 0 aliphatic heterocycles. The molecule has 2 saturated carbocycles. The van der Waals surface area contributed by atoms with E-state index >= 15 is 0 Å². The highest BCUT2D eigenvalue weighted by Crippen LogP contribution is 2.39. The van der Waals surface area contributed by atoms with Gasteiger partial charge in [-0.25, -0.2) is 9.97 Å². The van der Waals surface area contributed by atoms with Crippen LogP contribution in [-0.2, 0) is 0 Å². The molecule has 2 aliphatic carbocycles. The fourth-order valence-electron chi connectivity index (χ4n) is 2.25. The Morgan fingerprint density at radius 1 is 1.26 bits per heavy atom. The molecule has 0 aromatic carbocycles. The van der Waals surface area contributed by atoms with E-state index in [-0.39, 0.29) is 0 Å². The fraction of sp³-hybridized carbons (Fsp3) is 0.714. The number of likely N-dealkylation sites (N-methyl/N-ethyl adjacent to an activating group) is 1. The van der Waals surface area contributed by atoms with Crippen LogP contribution >= 0.6 is 11.6 Å². The molecule has 1 heterocycles. The quantitative estimate of drug-likeness (QED) is 0.814. The van der Waals surface area contributed by atoms with E-state index in [0.29, 0.717) is 11.1 Å². The molecule has 2 fully saturated rings. The molecule has 104 valence electrons. The summed E-state index contributed by atoms with van der Waals surface area (Å²) in [5, 5.41) is 4.01. The van der Waals surface area contributed by atoms with Crippen molar-refractivity contribution in [2.75, 3.05) is 25.5 Å². The molecule has 3 rings (SSSR count). The van der Waals surface area contributed by atoms with Crippen LogP contribution < -0.4 is 5.32 Å². The van der Waals surface area contributed by atoms with Crippen molar-refractivity contribution in [1.29, 1.82) is 0 Å². The summed E-state index contributed by atoms with van der Waals surface area (Å²) in [6.45, 7) is 3.93. The van der Waals surface area contributed by atoms with Crippen molar-refractivity contribution in [3.63, 3.8) is 0 Å². The molecule has 0 spiro atoms. The molecule has 19 heavy (non-hydrogen) atoms. The predicted molar refractivity (Wildman–Crippen MR) is 77.9 cm³/mol. The van der Waals surface area contributed by atoms with Crippen molar-refractivity contribution in [1.82, 2.24) is 14.9 Å². The Kier molecular flexibility index (Phi) is 3.63.